The third-order valence-electron chi connectivity index (χ3n) is 3.12. The van der Waals surface area contributed by atoms with Gasteiger partial charge in [0.15, 0.2) is 0 Å². The number of rotatable bonds is 5. The van der Waals surface area contributed by atoms with E-state index in [4.69, 9.17) is 16.3 Å². The van der Waals surface area contributed by atoms with Crippen LogP contribution in [0.25, 0.3) is 0 Å². The van der Waals surface area contributed by atoms with Crippen molar-refractivity contribution < 1.29 is 9.84 Å². The number of halogens is 2. The number of hydrogen-bond acceptors (Lipinski definition) is 3. The molecule has 1 N–H and O–H groups in total. The van der Waals surface area contributed by atoms with E-state index >= 15 is 0 Å². The van der Waals surface area contributed by atoms with E-state index in [0.29, 0.717) is 29.4 Å². The number of ether oxygens (including phenoxy) is 1. The summed E-state index contributed by atoms with van der Waals surface area (Å²) in [7, 11) is 1.63. The van der Waals surface area contributed by atoms with Crippen LogP contribution in [0, 0.1) is 6.92 Å². The largest absolute Gasteiger partial charge is 0.383 e. The summed E-state index contributed by atoms with van der Waals surface area (Å²) in [5.41, 5.74) is 2.28. The number of aliphatic hydroxyl groups excluding tert-OH is 1. The Morgan fingerprint density at radius 2 is 2.25 bits per heavy atom. The predicted octanol–water partition coefficient (Wildman–Crippen LogP) is 3.34. The normalized spacial score (nSPS) is 12.7. The van der Waals surface area contributed by atoms with E-state index in [-0.39, 0.29) is 0 Å². The Labute approximate surface area is 131 Å². The second-order valence-electron chi connectivity index (χ2n) is 4.47. The topological polar surface area (TPSA) is 47.3 Å². The summed E-state index contributed by atoms with van der Waals surface area (Å²) in [5, 5.41) is 15.4. The van der Waals surface area contributed by atoms with Crippen molar-refractivity contribution in [2.45, 2.75) is 19.6 Å². The van der Waals surface area contributed by atoms with Crippen molar-refractivity contribution in [2.24, 2.45) is 0 Å². The van der Waals surface area contributed by atoms with Gasteiger partial charge >= 0.3 is 0 Å². The molecule has 0 bridgehead atoms. The maximum absolute atomic E-state index is 10.6. The van der Waals surface area contributed by atoms with Crippen LogP contribution in [-0.4, -0.2) is 28.6 Å². The molecule has 0 aliphatic rings. The molecule has 1 aromatic heterocycles. The molecule has 0 aliphatic heterocycles. The van der Waals surface area contributed by atoms with Gasteiger partial charge in [-0.3, -0.25) is 4.68 Å². The molecule has 0 amide bonds. The molecule has 108 valence electrons. The van der Waals surface area contributed by atoms with Crippen LogP contribution in [0.3, 0.4) is 0 Å². The van der Waals surface area contributed by atoms with E-state index in [1.54, 1.807) is 18.0 Å². The lowest BCUT2D eigenvalue weighted by atomic mass is 10.0. The highest BCUT2D eigenvalue weighted by Crippen LogP contribution is 2.33. The van der Waals surface area contributed by atoms with Gasteiger partial charge in [0.1, 0.15) is 6.10 Å². The zero-order valence-electron chi connectivity index (χ0n) is 11.3. The first kappa shape index (κ1) is 15.5. The summed E-state index contributed by atoms with van der Waals surface area (Å²) >= 11 is 9.71. The molecule has 6 heteroatoms. The molecule has 20 heavy (non-hydrogen) atoms. The second kappa shape index (κ2) is 6.72. The number of aromatic nitrogens is 2. The van der Waals surface area contributed by atoms with E-state index in [2.05, 4.69) is 21.0 Å². The fraction of sp³-hybridized carbons (Fsp3) is 0.357. The summed E-state index contributed by atoms with van der Waals surface area (Å²) in [5.74, 6) is 0. The monoisotopic (exact) mass is 358 g/mol. The lowest BCUT2D eigenvalue weighted by Gasteiger charge is -2.16. The van der Waals surface area contributed by atoms with Gasteiger partial charge in [-0.15, -0.1) is 0 Å². The third kappa shape index (κ3) is 3.06. The number of hydrogen-bond donors (Lipinski definition) is 1. The number of benzene rings is 1. The Morgan fingerprint density at radius 3 is 2.95 bits per heavy atom. The van der Waals surface area contributed by atoms with Crippen molar-refractivity contribution in [1.29, 1.82) is 0 Å². The molecule has 0 aliphatic carbocycles. The van der Waals surface area contributed by atoms with Gasteiger partial charge in [0.05, 0.1) is 29.5 Å². The summed E-state index contributed by atoms with van der Waals surface area (Å²) in [6, 6.07) is 5.61. The second-order valence-corrected chi connectivity index (χ2v) is 5.71. The molecular weight excluding hydrogens is 344 g/mol. The number of nitrogens with zero attached hydrogens (tertiary/aromatic N) is 2. The standard InChI is InChI=1S/C14H16BrClN2O2/c1-9-4-3-5-10(12(9)16)14(19)13-11(15)8-17-18(13)6-7-20-2/h3-5,8,14,19H,6-7H2,1-2H3. The predicted molar refractivity (Wildman–Crippen MR) is 82.1 cm³/mol. The first-order valence-corrected chi connectivity index (χ1v) is 7.36. The first-order valence-electron chi connectivity index (χ1n) is 6.19. The van der Waals surface area contributed by atoms with Crippen LogP contribution in [0.5, 0.6) is 0 Å². The first-order chi connectivity index (χ1) is 9.56. The molecule has 1 aromatic carbocycles. The molecule has 4 nitrogen and oxygen atoms in total. The zero-order chi connectivity index (χ0) is 14.7. The number of methoxy groups -OCH3 is 1. The average Bonchev–Trinajstić information content (AvgIpc) is 2.80. The average molecular weight is 360 g/mol. The Balaban J connectivity index is 2.40. The minimum Gasteiger partial charge on any atom is -0.383 e. The lowest BCUT2D eigenvalue weighted by Crippen LogP contribution is -2.14. The Morgan fingerprint density at radius 1 is 1.50 bits per heavy atom. The van der Waals surface area contributed by atoms with Gasteiger partial charge < -0.3 is 9.84 Å². The van der Waals surface area contributed by atoms with Crippen LogP contribution in [0.4, 0.5) is 0 Å². The molecule has 2 rings (SSSR count). The SMILES string of the molecule is COCCn1ncc(Br)c1C(O)c1cccc(C)c1Cl. The molecule has 1 heterocycles. The van der Waals surface area contributed by atoms with Gasteiger partial charge in [-0.2, -0.15) is 5.10 Å². The summed E-state index contributed by atoms with van der Waals surface area (Å²) < 4.78 is 7.52. The number of aliphatic hydroxyl groups is 1. The molecule has 0 fully saturated rings. The summed E-state index contributed by atoms with van der Waals surface area (Å²) in [6.45, 7) is 3.00. The Hall–Kier alpha value is -0.880. The van der Waals surface area contributed by atoms with Crippen molar-refractivity contribution in [2.75, 3.05) is 13.7 Å². The molecule has 2 aromatic rings. The summed E-state index contributed by atoms with van der Waals surface area (Å²) in [4.78, 5) is 0. The van der Waals surface area contributed by atoms with Crippen molar-refractivity contribution >= 4 is 27.5 Å². The molecule has 0 saturated heterocycles. The highest BCUT2D eigenvalue weighted by molar-refractivity contribution is 9.10. The van der Waals surface area contributed by atoms with E-state index < -0.39 is 6.10 Å². The maximum atomic E-state index is 10.6. The molecule has 0 spiro atoms. The lowest BCUT2D eigenvalue weighted by molar-refractivity contribution is 0.171. The van der Waals surface area contributed by atoms with E-state index in [1.807, 2.05) is 25.1 Å². The molecule has 1 atom stereocenters. The third-order valence-corrected chi connectivity index (χ3v) is 4.24. The van der Waals surface area contributed by atoms with Crippen LogP contribution in [0.15, 0.2) is 28.9 Å². The highest BCUT2D eigenvalue weighted by Gasteiger charge is 2.22. The Kier molecular flexibility index (Phi) is 5.21. The molecule has 0 saturated carbocycles. The van der Waals surface area contributed by atoms with Gasteiger partial charge in [0.2, 0.25) is 0 Å². The van der Waals surface area contributed by atoms with Gasteiger partial charge in [0.25, 0.3) is 0 Å². The minimum atomic E-state index is -0.837. The van der Waals surface area contributed by atoms with Crippen molar-refractivity contribution in [3.05, 3.63) is 50.7 Å². The smallest absolute Gasteiger partial charge is 0.123 e. The van der Waals surface area contributed by atoms with Crippen molar-refractivity contribution in [3.8, 4) is 0 Å². The number of aryl methyl sites for hydroxylation is 1. The Bertz CT molecular complexity index is 601. The highest BCUT2D eigenvalue weighted by atomic mass is 79.9. The zero-order valence-corrected chi connectivity index (χ0v) is 13.6. The van der Waals surface area contributed by atoms with Crippen LogP contribution in [0.1, 0.15) is 22.9 Å². The van der Waals surface area contributed by atoms with Crippen LogP contribution >= 0.6 is 27.5 Å². The van der Waals surface area contributed by atoms with Crippen LogP contribution in [-0.2, 0) is 11.3 Å². The van der Waals surface area contributed by atoms with E-state index in [9.17, 15) is 5.11 Å². The van der Waals surface area contributed by atoms with Crippen LogP contribution in [0.2, 0.25) is 5.02 Å². The van der Waals surface area contributed by atoms with Crippen LogP contribution < -0.4 is 0 Å². The van der Waals surface area contributed by atoms with Crippen molar-refractivity contribution in [3.63, 3.8) is 0 Å². The van der Waals surface area contributed by atoms with Gasteiger partial charge in [0, 0.05) is 17.7 Å². The van der Waals surface area contributed by atoms with Crippen molar-refractivity contribution in [1.82, 2.24) is 9.78 Å². The molecular formula is C14H16BrClN2O2. The minimum absolute atomic E-state index is 0.523. The maximum Gasteiger partial charge on any atom is 0.123 e. The molecule has 0 radical (unpaired) electrons. The van der Waals surface area contributed by atoms with Gasteiger partial charge in [-0.25, -0.2) is 0 Å². The van der Waals surface area contributed by atoms with E-state index in [1.165, 1.54) is 0 Å². The van der Waals surface area contributed by atoms with Gasteiger partial charge in [-0.05, 0) is 28.4 Å². The quantitative estimate of drug-likeness (QED) is 0.890. The van der Waals surface area contributed by atoms with Gasteiger partial charge in [-0.1, -0.05) is 29.8 Å². The summed E-state index contributed by atoms with van der Waals surface area (Å²) in [6.07, 6.45) is 0.828. The van der Waals surface area contributed by atoms with E-state index in [0.717, 1.165) is 10.0 Å². The fourth-order valence-corrected chi connectivity index (χ4v) is 2.77. The fourth-order valence-electron chi connectivity index (χ4n) is 2.03. The molecule has 1 unspecified atom stereocenters.